The van der Waals surface area contributed by atoms with Crippen LogP contribution in [0, 0.1) is 0 Å². The first-order chi connectivity index (χ1) is 13.5. The third-order valence-electron chi connectivity index (χ3n) is 3.42. The van der Waals surface area contributed by atoms with Gasteiger partial charge in [-0.1, -0.05) is 23.2 Å². The standard InChI is InChI=1S/C19H12Cl2N4O3/c20-13-3-6-15(16(21)9-13)19(27)28-14-4-1-12(2-5-14)10-24-25-18(26)17-11-22-7-8-23-17/h1-11H,(H,25,26)/b24-10+. The van der Waals surface area contributed by atoms with Gasteiger partial charge in [0.25, 0.3) is 5.91 Å². The van der Waals surface area contributed by atoms with Gasteiger partial charge in [0.05, 0.1) is 23.0 Å². The Hall–Kier alpha value is -3.29. The van der Waals surface area contributed by atoms with Crippen LogP contribution in [0.15, 0.2) is 66.2 Å². The molecule has 1 N–H and O–H groups in total. The van der Waals surface area contributed by atoms with Gasteiger partial charge in [0.15, 0.2) is 0 Å². The van der Waals surface area contributed by atoms with Crippen molar-refractivity contribution in [1.82, 2.24) is 15.4 Å². The number of aromatic nitrogens is 2. The van der Waals surface area contributed by atoms with Crippen molar-refractivity contribution in [2.24, 2.45) is 5.10 Å². The molecular formula is C19H12Cl2N4O3. The number of carbonyl (C=O) groups excluding carboxylic acids is 2. The number of hydrogen-bond donors (Lipinski definition) is 1. The summed E-state index contributed by atoms with van der Waals surface area (Å²) in [7, 11) is 0. The number of nitrogens with one attached hydrogen (secondary N) is 1. The number of nitrogens with zero attached hydrogens (tertiary/aromatic N) is 3. The van der Waals surface area contributed by atoms with Crippen molar-refractivity contribution in [3.05, 3.63) is 87.9 Å². The van der Waals surface area contributed by atoms with Gasteiger partial charge in [-0.3, -0.25) is 9.78 Å². The Morgan fingerprint density at radius 3 is 2.54 bits per heavy atom. The summed E-state index contributed by atoms with van der Waals surface area (Å²) < 4.78 is 5.28. The van der Waals surface area contributed by atoms with Crippen LogP contribution in [0.2, 0.25) is 10.0 Å². The first-order valence-corrected chi connectivity index (χ1v) is 8.65. The summed E-state index contributed by atoms with van der Waals surface area (Å²) in [6.45, 7) is 0. The van der Waals surface area contributed by atoms with Crippen LogP contribution < -0.4 is 10.2 Å². The summed E-state index contributed by atoms with van der Waals surface area (Å²) in [5.74, 6) is -0.745. The molecule has 28 heavy (non-hydrogen) atoms. The molecule has 0 atom stereocenters. The summed E-state index contributed by atoms with van der Waals surface area (Å²) in [5, 5.41) is 4.48. The Morgan fingerprint density at radius 1 is 1.07 bits per heavy atom. The van der Waals surface area contributed by atoms with Crippen molar-refractivity contribution in [3.8, 4) is 5.75 Å². The fraction of sp³-hybridized carbons (Fsp3) is 0. The van der Waals surface area contributed by atoms with Crippen LogP contribution in [0.5, 0.6) is 5.75 Å². The highest BCUT2D eigenvalue weighted by molar-refractivity contribution is 6.36. The second-order valence-electron chi connectivity index (χ2n) is 5.37. The minimum Gasteiger partial charge on any atom is -0.423 e. The molecule has 1 amide bonds. The molecule has 0 bridgehead atoms. The van der Waals surface area contributed by atoms with Gasteiger partial charge in [-0.25, -0.2) is 15.2 Å². The number of hydrogen-bond acceptors (Lipinski definition) is 6. The predicted octanol–water partition coefficient (Wildman–Crippen LogP) is 3.77. The van der Waals surface area contributed by atoms with E-state index >= 15 is 0 Å². The number of carbonyl (C=O) groups is 2. The molecule has 2 aromatic carbocycles. The summed E-state index contributed by atoms with van der Waals surface area (Å²) in [4.78, 5) is 31.6. The van der Waals surface area contributed by atoms with E-state index in [0.717, 1.165) is 0 Å². The lowest BCUT2D eigenvalue weighted by atomic mass is 10.2. The molecule has 3 aromatic rings. The van der Waals surface area contributed by atoms with Crippen molar-refractivity contribution in [2.45, 2.75) is 0 Å². The van der Waals surface area contributed by atoms with E-state index in [0.29, 0.717) is 16.3 Å². The SMILES string of the molecule is O=C(N/N=C/c1ccc(OC(=O)c2ccc(Cl)cc2Cl)cc1)c1cnccn1. The van der Waals surface area contributed by atoms with E-state index < -0.39 is 11.9 Å². The van der Waals surface area contributed by atoms with Gasteiger partial charge < -0.3 is 4.74 Å². The second-order valence-corrected chi connectivity index (χ2v) is 6.22. The van der Waals surface area contributed by atoms with Crippen LogP contribution in [0.4, 0.5) is 0 Å². The van der Waals surface area contributed by atoms with E-state index in [2.05, 4.69) is 20.5 Å². The van der Waals surface area contributed by atoms with E-state index in [1.807, 2.05) is 0 Å². The first-order valence-electron chi connectivity index (χ1n) is 7.89. The van der Waals surface area contributed by atoms with Gasteiger partial charge in [-0.2, -0.15) is 5.10 Å². The summed E-state index contributed by atoms with van der Waals surface area (Å²) in [6, 6.07) is 11.0. The quantitative estimate of drug-likeness (QED) is 0.296. The zero-order valence-corrected chi connectivity index (χ0v) is 15.7. The molecule has 0 spiro atoms. The molecule has 140 valence electrons. The third-order valence-corrected chi connectivity index (χ3v) is 3.97. The smallest absolute Gasteiger partial charge is 0.345 e. The van der Waals surface area contributed by atoms with E-state index in [4.69, 9.17) is 27.9 Å². The Bertz CT molecular complexity index is 1030. The molecule has 0 saturated heterocycles. The Labute approximate surface area is 170 Å². The van der Waals surface area contributed by atoms with Gasteiger partial charge in [-0.15, -0.1) is 0 Å². The minimum atomic E-state index is -0.598. The maximum atomic E-state index is 12.2. The molecule has 0 unspecified atom stereocenters. The van der Waals surface area contributed by atoms with Crippen molar-refractivity contribution < 1.29 is 14.3 Å². The van der Waals surface area contributed by atoms with E-state index in [1.165, 1.54) is 36.9 Å². The minimum absolute atomic E-state index is 0.155. The van der Waals surface area contributed by atoms with E-state index in [1.54, 1.807) is 30.3 Å². The van der Waals surface area contributed by atoms with Gasteiger partial charge in [0.1, 0.15) is 11.4 Å². The molecule has 0 aliphatic carbocycles. The predicted molar refractivity (Wildman–Crippen MR) is 105 cm³/mol. The lowest BCUT2D eigenvalue weighted by Gasteiger charge is -2.06. The molecule has 3 rings (SSSR count). The molecule has 1 aromatic heterocycles. The highest BCUT2D eigenvalue weighted by Gasteiger charge is 2.13. The second kappa shape index (κ2) is 9.07. The molecular weight excluding hydrogens is 403 g/mol. The zero-order chi connectivity index (χ0) is 19.9. The van der Waals surface area contributed by atoms with Crippen LogP contribution in [0.1, 0.15) is 26.4 Å². The number of amides is 1. The van der Waals surface area contributed by atoms with Crippen molar-refractivity contribution in [3.63, 3.8) is 0 Å². The van der Waals surface area contributed by atoms with Crippen molar-refractivity contribution in [2.75, 3.05) is 0 Å². The highest BCUT2D eigenvalue weighted by Crippen LogP contribution is 2.22. The van der Waals surface area contributed by atoms with Crippen molar-refractivity contribution in [1.29, 1.82) is 0 Å². The Balaban J connectivity index is 1.59. The van der Waals surface area contributed by atoms with E-state index in [-0.39, 0.29) is 16.3 Å². The monoisotopic (exact) mass is 414 g/mol. The maximum absolute atomic E-state index is 12.2. The number of esters is 1. The summed E-state index contributed by atoms with van der Waals surface area (Å²) in [5.41, 5.74) is 3.39. The van der Waals surface area contributed by atoms with Crippen LogP contribution in [0.3, 0.4) is 0 Å². The molecule has 0 aliphatic rings. The fourth-order valence-corrected chi connectivity index (χ4v) is 2.56. The van der Waals surface area contributed by atoms with Crippen LogP contribution in [-0.4, -0.2) is 28.1 Å². The van der Waals surface area contributed by atoms with Crippen LogP contribution >= 0.6 is 23.2 Å². The molecule has 7 nitrogen and oxygen atoms in total. The molecule has 0 fully saturated rings. The summed E-state index contributed by atoms with van der Waals surface area (Å²) in [6.07, 6.45) is 5.65. The number of rotatable bonds is 5. The number of benzene rings is 2. The lowest BCUT2D eigenvalue weighted by Crippen LogP contribution is -2.19. The van der Waals surface area contributed by atoms with Crippen LogP contribution in [-0.2, 0) is 0 Å². The largest absolute Gasteiger partial charge is 0.423 e. The van der Waals surface area contributed by atoms with Gasteiger partial charge >= 0.3 is 5.97 Å². The average molecular weight is 415 g/mol. The number of ether oxygens (including phenoxy) is 1. The van der Waals surface area contributed by atoms with Crippen LogP contribution in [0.25, 0.3) is 0 Å². The molecule has 0 radical (unpaired) electrons. The average Bonchev–Trinajstić information content (AvgIpc) is 2.69. The molecule has 0 saturated carbocycles. The molecule has 1 heterocycles. The van der Waals surface area contributed by atoms with E-state index in [9.17, 15) is 9.59 Å². The lowest BCUT2D eigenvalue weighted by molar-refractivity contribution is 0.0734. The van der Waals surface area contributed by atoms with Gasteiger partial charge in [0, 0.05) is 17.4 Å². The molecule has 9 heteroatoms. The highest BCUT2D eigenvalue weighted by atomic mass is 35.5. The number of hydrazone groups is 1. The number of halogens is 2. The zero-order valence-electron chi connectivity index (χ0n) is 14.2. The Kier molecular flexibility index (Phi) is 6.31. The Morgan fingerprint density at radius 2 is 1.86 bits per heavy atom. The summed E-state index contributed by atoms with van der Waals surface area (Å²) >= 11 is 11.8. The topological polar surface area (TPSA) is 93.5 Å². The normalized spacial score (nSPS) is 10.6. The fourth-order valence-electron chi connectivity index (χ4n) is 2.08. The third kappa shape index (κ3) is 5.12. The first kappa shape index (κ1) is 19.5. The van der Waals surface area contributed by atoms with Gasteiger partial charge in [-0.05, 0) is 48.0 Å². The molecule has 0 aliphatic heterocycles. The van der Waals surface area contributed by atoms with Gasteiger partial charge in [0.2, 0.25) is 0 Å². The maximum Gasteiger partial charge on any atom is 0.345 e. The van der Waals surface area contributed by atoms with Crippen molar-refractivity contribution >= 4 is 41.3 Å².